The van der Waals surface area contributed by atoms with Gasteiger partial charge in [0.05, 0.1) is 0 Å². The molecule has 3 nitrogen and oxygen atoms in total. The highest BCUT2D eigenvalue weighted by Gasteiger charge is 2.12. The van der Waals surface area contributed by atoms with Crippen LogP contribution in [0.4, 0.5) is 0 Å². The number of aromatic nitrogens is 1. The van der Waals surface area contributed by atoms with Gasteiger partial charge in [-0.05, 0) is 38.4 Å². The molecule has 2 rings (SSSR count). The van der Waals surface area contributed by atoms with Crippen LogP contribution in [0.25, 0.3) is 11.3 Å². The van der Waals surface area contributed by atoms with Crippen LogP contribution in [-0.2, 0) is 6.54 Å². The second kappa shape index (κ2) is 5.83. The van der Waals surface area contributed by atoms with E-state index in [1.807, 2.05) is 0 Å². The Morgan fingerprint density at radius 2 is 2.11 bits per heavy atom. The summed E-state index contributed by atoms with van der Waals surface area (Å²) >= 11 is 0. The highest BCUT2D eigenvalue weighted by Crippen LogP contribution is 2.27. The Morgan fingerprint density at radius 1 is 1.28 bits per heavy atom. The van der Waals surface area contributed by atoms with Crippen LogP contribution >= 0.6 is 0 Å². The van der Waals surface area contributed by atoms with Crippen molar-refractivity contribution in [3.8, 4) is 11.3 Å². The van der Waals surface area contributed by atoms with Crippen molar-refractivity contribution in [1.82, 2.24) is 10.3 Å². The van der Waals surface area contributed by atoms with Crippen LogP contribution in [0.2, 0.25) is 0 Å². The number of hydrogen-bond acceptors (Lipinski definition) is 3. The van der Waals surface area contributed by atoms with E-state index in [1.165, 1.54) is 17.5 Å². The first-order valence-corrected chi connectivity index (χ1v) is 6.43. The quantitative estimate of drug-likeness (QED) is 0.818. The summed E-state index contributed by atoms with van der Waals surface area (Å²) in [6.07, 6.45) is 2.65. The van der Waals surface area contributed by atoms with Gasteiger partial charge in [0.25, 0.3) is 0 Å². The molecule has 2 aromatic rings. The Hall–Kier alpha value is -1.61. The minimum Gasteiger partial charge on any atom is -0.443 e. The Labute approximate surface area is 108 Å². The topological polar surface area (TPSA) is 38.1 Å². The number of nitrogens with zero attached hydrogens (tertiary/aromatic N) is 1. The monoisotopic (exact) mass is 244 g/mol. The number of oxazole rings is 1. The molecular weight excluding hydrogens is 224 g/mol. The summed E-state index contributed by atoms with van der Waals surface area (Å²) in [5.41, 5.74) is 4.58. The van der Waals surface area contributed by atoms with Gasteiger partial charge in [-0.3, -0.25) is 0 Å². The molecule has 1 aromatic carbocycles. The second-order valence-electron chi connectivity index (χ2n) is 4.62. The maximum atomic E-state index is 5.57. The third-order valence-corrected chi connectivity index (χ3v) is 3.00. The van der Waals surface area contributed by atoms with Gasteiger partial charge in [-0.15, -0.1) is 0 Å². The molecule has 96 valence electrons. The van der Waals surface area contributed by atoms with Gasteiger partial charge in [0.1, 0.15) is 5.69 Å². The first-order chi connectivity index (χ1) is 8.72. The minimum atomic E-state index is 0.757. The lowest BCUT2D eigenvalue weighted by atomic mass is 10.0. The maximum absolute atomic E-state index is 5.57. The zero-order valence-electron chi connectivity index (χ0n) is 11.3. The third kappa shape index (κ3) is 2.79. The molecule has 1 heterocycles. The van der Waals surface area contributed by atoms with Crippen molar-refractivity contribution >= 4 is 0 Å². The van der Waals surface area contributed by atoms with E-state index in [0.717, 1.165) is 36.5 Å². The summed E-state index contributed by atoms with van der Waals surface area (Å²) in [5.74, 6) is 0.889. The minimum absolute atomic E-state index is 0.757. The zero-order valence-corrected chi connectivity index (χ0v) is 11.3. The fourth-order valence-electron chi connectivity index (χ4n) is 1.98. The molecule has 0 aliphatic heterocycles. The fourth-order valence-corrected chi connectivity index (χ4v) is 1.98. The predicted octanol–water partition coefficient (Wildman–Crippen LogP) is 3.46. The Balaban J connectivity index is 2.27. The SMILES string of the molecule is CCCNCc1ncoc1-c1cc(C)ccc1C. The summed E-state index contributed by atoms with van der Waals surface area (Å²) in [7, 11) is 0. The van der Waals surface area contributed by atoms with Crippen LogP contribution in [0.3, 0.4) is 0 Å². The largest absolute Gasteiger partial charge is 0.443 e. The molecule has 3 heteroatoms. The van der Waals surface area contributed by atoms with E-state index in [1.54, 1.807) is 0 Å². The molecule has 0 unspecified atom stereocenters. The average Bonchev–Trinajstić information content (AvgIpc) is 2.81. The first-order valence-electron chi connectivity index (χ1n) is 6.43. The van der Waals surface area contributed by atoms with Gasteiger partial charge in [0.2, 0.25) is 0 Å². The summed E-state index contributed by atoms with van der Waals surface area (Å²) < 4.78 is 5.57. The summed E-state index contributed by atoms with van der Waals surface area (Å²) in [6, 6.07) is 6.39. The second-order valence-corrected chi connectivity index (χ2v) is 4.62. The van der Waals surface area contributed by atoms with E-state index >= 15 is 0 Å². The van der Waals surface area contributed by atoms with E-state index in [2.05, 4.69) is 49.3 Å². The lowest BCUT2D eigenvalue weighted by Crippen LogP contribution is -2.14. The van der Waals surface area contributed by atoms with E-state index in [0.29, 0.717) is 0 Å². The molecule has 0 saturated heterocycles. The molecule has 1 aromatic heterocycles. The van der Waals surface area contributed by atoms with Crippen LogP contribution in [0.15, 0.2) is 29.0 Å². The van der Waals surface area contributed by atoms with Crippen LogP contribution in [0.1, 0.15) is 30.2 Å². The van der Waals surface area contributed by atoms with Crippen LogP contribution < -0.4 is 5.32 Å². The fraction of sp³-hybridized carbons (Fsp3) is 0.400. The van der Waals surface area contributed by atoms with Gasteiger partial charge < -0.3 is 9.73 Å². The molecular formula is C15H20N2O. The lowest BCUT2D eigenvalue weighted by molar-refractivity contribution is 0.569. The van der Waals surface area contributed by atoms with Crippen LogP contribution in [0, 0.1) is 13.8 Å². The number of rotatable bonds is 5. The van der Waals surface area contributed by atoms with Crippen LogP contribution in [-0.4, -0.2) is 11.5 Å². The number of aryl methyl sites for hydroxylation is 2. The van der Waals surface area contributed by atoms with Gasteiger partial charge in [-0.25, -0.2) is 4.98 Å². The summed E-state index contributed by atoms with van der Waals surface area (Å²) in [6.45, 7) is 8.10. The van der Waals surface area contributed by atoms with E-state index in [-0.39, 0.29) is 0 Å². The van der Waals surface area contributed by atoms with Gasteiger partial charge in [0, 0.05) is 12.1 Å². The average molecular weight is 244 g/mol. The molecule has 0 spiro atoms. The van der Waals surface area contributed by atoms with Crippen LogP contribution in [0.5, 0.6) is 0 Å². The van der Waals surface area contributed by atoms with E-state index < -0.39 is 0 Å². The van der Waals surface area contributed by atoms with Gasteiger partial charge in [-0.2, -0.15) is 0 Å². The Morgan fingerprint density at radius 3 is 2.89 bits per heavy atom. The van der Waals surface area contributed by atoms with Crippen molar-refractivity contribution in [1.29, 1.82) is 0 Å². The van der Waals surface area contributed by atoms with Crippen molar-refractivity contribution in [2.45, 2.75) is 33.7 Å². The first kappa shape index (κ1) is 12.8. The number of hydrogen-bond donors (Lipinski definition) is 1. The van der Waals surface area contributed by atoms with Crippen molar-refractivity contribution in [3.63, 3.8) is 0 Å². The molecule has 1 N–H and O–H groups in total. The molecule has 0 atom stereocenters. The normalized spacial score (nSPS) is 10.8. The van der Waals surface area contributed by atoms with Gasteiger partial charge >= 0.3 is 0 Å². The van der Waals surface area contributed by atoms with Crippen molar-refractivity contribution < 1.29 is 4.42 Å². The van der Waals surface area contributed by atoms with Crippen molar-refractivity contribution in [2.75, 3.05) is 6.54 Å². The zero-order chi connectivity index (χ0) is 13.0. The molecule has 0 saturated carbocycles. The molecule has 0 fully saturated rings. The standard InChI is InChI=1S/C15H20N2O/c1-4-7-16-9-14-15(18-10-17-14)13-8-11(2)5-6-12(13)3/h5-6,8,10,16H,4,7,9H2,1-3H3. The highest BCUT2D eigenvalue weighted by molar-refractivity contribution is 5.64. The summed E-state index contributed by atoms with van der Waals surface area (Å²) in [5, 5.41) is 3.36. The van der Waals surface area contributed by atoms with E-state index in [9.17, 15) is 0 Å². The van der Waals surface area contributed by atoms with Crippen molar-refractivity contribution in [3.05, 3.63) is 41.4 Å². The molecule has 0 amide bonds. The lowest BCUT2D eigenvalue weighted by Gasteiger charge is -2.07. The van der Waals surface area contributed by atoms with Gasteiger partial charge in [-0.1, -0.05) is 24.6 Å². The molecule has 0 bridgehead atoms. The number of nitrogens with one attached hydrogen (secondary N) is 1. The Kier molecular flexibility index (Phi) is 4.15. The maximum Gasteiger partial charge on any atom is 0.181 e. The predicted molar refractivity (Wildman–Crippen MR) is 73.4 cm³/mol. The third-order valence-electron chi connectivity index (χ3n) is 3.00. The Bertz CT molecular complexity index is 517. The summed E-state index contributed by atoms with van der Waals surface area (Å²) in [4.78, 5) is 4.31. The van der Waals surface area contributed by atoms with E-state index in [4.69, 9.17) is 4.42 Å². The molecule has 0 aliphatic carbocycles. The molecule has 0 aliphatic rings. The molecule has 0 radical (unpaired) electrons. The van der Waals surface area contributed by atoms with Gasteiger partial charge in [0.15, 0.2) is 12.2 Å². The van der Waals surface area contributed by atoms with Crippen molar-refractivity contribution in [2.24, 2.45) is 0 Å². The number of benzene rings is 1. The molecule has 18 heavy (non-hydrogen) atoms. The smallest absolute Gasteiger partial charge is 0.181 e. The highest BCUT2D eigenvalue weighted by atomic mass is 16.3.